The molecule has 0 radical (unpaired) electrons. The summed E-state index contributed by atoms with van der Waals surface area (Å²) in [6.07, 6.45) is 6.27. The van der Waals surface area contributed by atoms with Crippen molar-refractivity contribution in [1.82, 2.24) is 9.88 Å². The first-order valence-electron chi connectivity index (χ1n) is 11.2. The number of pyridine rings is 1. The number of nitrogens with zero attached hydrogens (tertiary/aromatic N) is 2. The molecule has 166 valence electrons. The molecule has 0 spiro atoms. The molecule has 5 heteroatoms. The number of rotatable bonds is 7. The van der Waals surface area contributed by atoms with Crippen molar-refractivity contribution in [2.45, 2.75) is 26.4 Å². The Morgan fingerprint density at radius 2 is 1.81 bits per heavy atom. The van der Waals surface area contributed by atoms with E-state index in [2.05, 4.69) is 37.3 Å². The number of aromatic nitrogens is 1. The summed E-state index contributed by atoms with van der Waals surface area (Å²) >= 11 is 0. The first-order chi connectivity index (χ1) is 15.7. The van der Waals surface area contributed by atoms with Gasteiger partial charge < -0.3 is 14.4 Å². The zero-order valence-electron chi connectivity index (χ0n) is 18.8. The van der Waals surface area contributed by atoms with E-state index in [4.69, 9.17) is 14.5 Å². The highest BCUT2D eigenvalue weighted by Gasteiger charge is 2.21. The monoisotopic (exact) mass is 430 g/mol. The standard InChI is InChI=1S/C27H30N2O3/c1-20-24(13-12-21-14-16-29(17-15-21)26(30)19-31-2)28-25-11-7-6-10-23(25)27(20)32-18-22-8-4-3-5-9-22/h3-13,21H,14-19H2,1-2H3. The van der Waals surface area contributed by atoms with Gasteiger partial charge in [0.25, 0.3) is 0 Å². The highest BCUT2D eigenvalue weighted by atomic mass is 16.5. The van der Waals surface area contributed by atoms with Gasteiger partial charge in [-0.3, -0.25) is 4.79 Å². The van der Waals surface area contributed by atoms with E-state index >= 15 is 0 Å². The van der Waals surface area contributed by atoms with E-state index in [1.807, 2.05) is 41.3 Å². The number of hydrogen-bond acceptors (Lipinski definition) is 4. The van der Waals surface area contributed by atoms with Gasteiger partial charge in [-0.05, 0) is 49.5 Å². The Morgan fingerprint density at radius 1 is 1.09 bits per heavy atom. The number of carbonyl (C=O) groups is 1. The van der Waals surface area contributed by atoms with Crippen LogP contribution in [0.1, 0.15) is 29.7 Å². The van der Waals surface area contributed by atoms with Crippen LogP contribution < -0.4 is 4.74 Å². The molecule has 1 aliphatic heterocycles. The Hall–Kier alpha value is -3.18. The predicted octanol–water partition coefficient (Wildman–Crippen LogP) is 5.02. The molecular formula is C27H30N2O3. The van der Waals surface area contributed by atoms with Crippen molar-refractivity contribution in [3.05, 3.63) is 77.5 Å². The van der Waals surface area contributed by atoms with Crippen molar-refractivity contribution in [3.63, 3.8) is 0 Å². The van der Waals surface area contributed by atoms with Gasteiger partial charge in [-0.2, -0.15) is 0 Å². The molecular weight excluding hydrogens is 400 g/mol. The zero-order chi connectivity index (χ0) is 22.3. The Balaban J connectivity index is 1.51. The second-order valence-electron chi connectivity index (χ2n) is 8.25. The van der Waals surface area contributed by atoms with E-state index in [1.165, 1.54) is 0 Å². The van der Waals surface area contributed by atoms with Crippen LogP contribution in [0.25, 0.3) is 17.0 Å². The first kappa shape index (κ1) is 22.0. The summed E-state index contributed by atoms with van der Waals surface area (Å²) in [7, 11) is 1.56. The lowest BCUT2D eigenvalue weighted by molar-refractivity contribution is -0.136. The van der Waals surface area contributed by atoms with E-state index in [0.717, 1.165) is 59.4 Å². The molecule has 1 fully saturated rings. The van der Waals surface area contributed by atoms with Gasteiger partial charge in [-0.15, -0.1) is 0 Å². The molecule has 0 atom stereocenters. The van der Waals surface area contributed by atoms with E-state index in [-0.39, 0.29) is 12.5 Å². The summed E-state index contributed by atoms with van der Waals surface area (Å²) in [5.74, 6) is 1.39. The molecule has 2 heterocycles. The second-order valence-corrected chi connectivity index (χ2v) is 8.25. The number of para-hydroxylation sites is 1. The lowest BCUT2D eigenvalue weighted by Gasteiger charge is -2.30. The number of allylic oxidation sites excluding steroid dienone is 1. The SMILES string of the molecule is COCC(=O)N1CCC(C=Cc2nc3ccccc3c(OCc3ccccc3)c2C)CC1. The topological polar surface area (TPSA) is 51.7 Å². The minimum absolute atomic E-state index is 0.0715. The fraction of sp³-hybridized carbons (Fsp3) is 0.333. The molecule has 0 unspecified atom stereocenters. The van der Waals surface area contributed by atoms with Gasteiger partial charge in [0.1, 0.15) is 19.0 Å². The van der Waals surface area contributed by atoms with Crippen molar-refractivity contribution in [3.8, 4) is 5.75 Å². The minimum Gasteiger partial charge on any atom is -0.488 e. The van der Waals surface area contributed by atoms with Crippen LogP contribution in [0.3, 0.4) is 0 Å². The number of hydrogen-bond donors (Lipinski definition) is 0. The highest BCUT2D eigenvalue weighted by Crippen LogP contribution is 2.32. The van der Waals surface area contributed by atoms with Crippen LogP contribution in [0.15, 0.2) is 60.7 Å². The Labute approximate surface area is 189 Å². The average Bonchev–Trinajstić information content (AvgIpc) is 2.83. The lowest BCUT2D eigenvalue weighted by atomic mass is 9.95. The predicted molar refractivity (Wildman–Crippen MR) is 127 cm³/mol. The van der Waals surface area contributed by atoms with Crippen molar-refractivity contribution >= 4 is 22.9 Å². The normalized spacial score (nSPS) is 14.9. The molecule has 1 amide bonds. The Morgan fingerprint density at radius 3 is 2.56 bits per heavy atom. The average molecular weight is 431 g/mol. The molecule has 0 saturated carbocycles. The summed E-state index contributed by atoms with van der Waals surface area (Å²) < 4.78 is 11.3. The number of carbonyl (C=O) groups excluding carboxylic acids is 1. The minimum atomic E-state index is 0.0715. The van der Waals surface area contributed by atoms with Gasteiger partial charge in [0, 0.05) is 31.1 Å². The number of fused-ring (bicyclic) bond motifs is 1. The molecule has 1 aliphatic rings. The molecule has 32 heavy (non-hydrogen) atoms. The van der Waals surface area contributed by atoms with E-state index in [1.54, 1.807) is 7.11 Å². The highest BCUT2D eigenvalue weighted by molar-refractivity contribution is 5.88. The number of amides is 1. The molecule has 1 aromatic heterocycles. The fourth-order valence-corrected chi connectivity index (χ4v) is 4.16. The number of methoxy groups -OCH3 is 1. The van der Waals surface area contributed by atoms with Crippen LogP contribution in [-0.4, -0.2) is 42.6 Å². The molecule has 2 aromatic carbocycles. The number of ether oxygens (including phenoxy) is 2. The number of likely N-dealkylation sites (tertiary alicyclic amines) is 1. The number of piperidine rings is 1. The van der Waals surface area contributed by atoms with E-state index in [9.17, 15) is 4.79 Å². The Bertz CT molecular complexity index is 1090. The Kier molecular flexibility index (Phi) is 7.17. The maximum absolute atomic E-state index is 12.0. The quantitative estimate of drug-likeness (QED) is 0.528. The third-order valence-corrected chi connectivity index (χ3v) is 6.03. The summed E-state index contributed by atoms with van der Waals surface area (Å²) in [4.78, 5) is 18.8. The smallest absolute Gasteiger partial charge is 0.248 e. The zero-order valence-corrected chi connectivity index (χ0v) is 18.8. The summed E-state index contributed by atoms with van der Waals surface area (Å²) in [5, 5.41) is 1.03. The molecule has 4 rings (SSSR count). The van der Waals surface area contributed by atoms with Crippen LogP contribution in [0, 0.1) is 12.8 Å². The molecule has 0 N–H and O–H groups in total. The van der Waals surface area contributed by atoms with Gasteiger partial charge in [0.2, 0.25) is 5.91 Å². The molecule has 3 aromatic rings. The van der Waals surface area contributed by atoms with Crippen molar-refractivity contribution < 1.29 is 14.3 Å². The summed E-state index contributed by atoms with van der Waals surface area (Å²) in [5.41, 5.74) is 4.05. The fourth-order valence-electron chi connectivity index (χ4n) is 4.16. The lowest BCUT2D eigenvalue weighted by Crippen LogP contribution is -2.39. The van der Waals surface area contributed by atoms with E-state index in [0.29, 0.717) is 12.5 Å². The third kappa shape index (κ3) is 5.17. The maximum Gasteiger partial charge on any atom is 0.248 e. The van der Waals surface area contributed by atoms with Crippen LogP contribution in [0.2, 0.25) is 0 Å². The van der Waals surface area contributed by atoms with Crippen LogP contribution in [-0.2, 0) is 16.1 Å². The molecule has 0 aliphatic carbocycles. The van der Waals surface area contributed by atoms with Gasteiger partial charge in [0.05, 0.1) is 11.2 Å². The van der Waals surface area contributed by atoms with Crippen LogP contribution >= 0.6 is 0 Å². The van der Waals surface area contributed by atoms with Crippen molar-refractivity contribution in [2.75, 3.05) is 26.8 Å². The summed E-state index contributed by atoms with van der Waals surface area (Å²) in [6, 6.07) is 18.3. The van der Waals surface area contributed by atoms with Gasteiger partial charge in [0.15, 0.2) is 0 Å². The third-order valence-electron chi connectivity index (χ3n) is 6.03. The molecule has 1 saturated heterocycles. The molecule has 0 bridgehead atoms. The molecule has 5 nitrogen and oxygen atoms in total. The van der Waals surface area contributed by atoms with Gasteiger partial charge in [-0.1, -0.05) is 48.5 Å². The van der Waals surface area contributed by atoms with Gasteiger partial charge in [-0.25, -0.2) is 4.98 Å². The van der Waals surface area contributed by atoms with Crippen LogP contribution in [0.5, 0.6) is 5.75 Å². The maximum atomic E-state index is 12.0. The summed E-state index contributed by atoms with van der Waals surface area (Å²) in [6.45, 7) is 4.30. The van der Waals surface area contributed by atoms with Gasteiger partial charge >= 0.3 is 0 Å². The van der Waals surface area contributed by atoms with Crippen molar-refractivity contribution in [2.24, 2.45) is 5.92 Å². The first-order valence-corrected chi connectivity index (χ1v) is 11.2. The van der Waals surface area contributed by atoms with Crippen LogP contribution in [0.4, 0.5) is 0 Å². The number of benzene rings is 2. The largest absolute Gasteiger partial charge is 0.488 e. The van der Waals surface area contributed by atoms with E-state index < -0.39 is 0 Å². The second kappa shape index (κ2) is 10.4. The van der Waals surface area contributed by atoms with Crippen molar-refractivity contribution in [1.29, 1.82) is 0 Å².